The van der Waals surface area contributed by atoms with Crippen molar-refractivity contribution in [3.05, 3.63) is 48.6 Å². The Labute approximate surface area is 156 Å². The molecule has 1 fully saturated rings. The maximum absolute atomic E-state index is 11.8. The Morgan fingerprint density at radius 1 is 1.45 bits per heavy atom. The first-order chi connectivity index (χ1) is 9.17. The number of nitrogens with zero attached hydrogens (tertiary/aromatic N) is 1. The molecule has 0 aromatic heterocycles. The summed E-state index contributed by atoms with van der Waals surface area (Å²) in [5.41, 5.74) is 1.18. The molecule has 1 aliphatic heterocycles. The van der Waals surface area contributed by atoms with Gasteiger partial charge in [-0.2, -0.15) is 0 Å². The van der Waals surface area contributed by atoms with Crippen LogP contribution < -0.4 is 0 Å². The minimum atomic E-state index is -0.111. The molecular formula is C16H21AcNO2. The minimum Gasteiger partial charge on any atom is -0.396 e. The molecule has 0 aliphatic carbocycles. The van der Waals surface area contributed by atoms with Crippen LogP contribution in [0.4, 0.5) is 0 Å². The number of carbonyl (C=O) groups excluding carboxylic acids is 1. The normalized spacial score (nSPS) is 26.0. The molecule has 3 atom stereocenters. The number of carbonyl (C=O) groups is 1. The molecule has 4 heteroatoms. The summed E-state index contributed by atoms with van der Waals surface area (Å²) in [6.45, 7) is 6.31. The van der Waals surface area contributed by atoms with Gasteiger partial charge < -0.3 is 5.11 Å². The van der Waals surface area contributed by atoms with Gasteiger partial charge in [-0.3, -0.25) is 9.69 Å². The maximum Gasteiger partial charge on any atom is 0.146 e. The zero-order chi connectivity index (χ0) is 13.8. The van der Waals surface area contributed by atoms with E-state index in [0.717, 1.165) is 13.0 Å². The van der Waals surface area contributed by atoms with E-state index in [4.69, 9.17) is 0 Å². The van der Waals surface area contributed by atoms with Gasteiger partial charge in [-0.25, -0.2) is 0 Å². The topological polar surface area (TPSA) is 40.5 Å². The monoisotopic (exact) mass is 486 g/mol. The largest absolute Gasteiger partial charge is 0.396 e. The zero-order valence-electron chi connectivity index (χ0n) is 11.9. The van der Waals surface area contributed by atoms with E-state index in [-0.39, 0.29) is 74.5 Å². The molecule has 1 heterocycles. The summed E-state index contributed by atoms with van der Waals surface area (Å²) < 4.78 is 0. The molecule has 3 unspecified atom stereocenters. The van der Waals surface area contributed by atoms with Gasteiger partial charge in [-0.1, -0.05) is 36.4 Å². The molecule has 0 amide bonds. The molecule has 0 saturated carbocycles. The van der Waals surface area contributed by atoms with Crippen molar-refractivity contribution in [3.63, 3.8) is 0 Å². The number of rotatable bonds is 5. The van der Waals surface area contributed by atoms with Crippen LogP contribution in [-0.4, -0.2) is 34.5 Å². The molecular weight excluding hydrogens is 465 g/mol. The van der Waals surface area contributed by atoms with Crippen molar-refractivity contribution < 1.29 is 54.0 Å². The molecule has 105 valence electrons. The van der Waals surface area contributed by atoms with Crippen LogP contribution in [0.2, 0.25) is 0 Å². The van der Waals surface area contributed by atoms with Crippen LogP contribution in [0.5, 0.6) is 0 Å². The van der Waals surface area contributed by atoms with E-state index in [9.17, 15) is 9.90 Å². The smallest absolute Gasteiger partial charge is 0.146 e. The Morgan fingerprint density at radius 3 is 2.60 bits per heavy atom. The van der Waals surface area contributed by atoms with Crippen LogP contribution in [0.25, 0.3) is 0 Å². The number of hydrogen-bond donors (Lipinski definition) is 1. The van der Waals surface area contributed by atoms with Gasteiger partial charge in [-0.05, 0) is 18.9 Å². The van der Waals surface area contributed by atoms with Crippen molar-refractivity contribution in [2.75, 3.05) is 6.61 Å². The first-order valence-corrected chi connectivity index (χ1v) is 6.71. The van der Waals surface area contributed by atoms with Crippen molar-refractivity contribution in [1.29, 1.82) is 0 Å². The molecule has 1 aliphatic rings. The van der Waals surface area contributed by atoms with Crippen LogP contribution in [0, 0.1) is 50.0 Å². The third kappa shape index (κ3) is 4.01. The number of aliphatic hydroxyl groups is 1. The summed E-state index contributed by atoms with van der Waals surface area (Å²) in [4.78, 5) is 14.0. The summed E-state index contributed by atoms with van der Waals surface area (Å²) in [5.74, 6) is 0.272. The quantitative estimate of drug-likeness (QED) is 0.648. The molecule has 1 radical (unpaired) electrons. The number of likely N-dealkylation sites (tertiary alicyclic amines) is 1. The molecule has 2 rings (SSSR count). The van der Waals surface area contributed by atoms with Gasteiger partial charge in [0.15, 0.2) is 0 Å². The average Bonchev–Trinajstić information content (AvgIpc) is 2.77. The van der Waals surface area contributed by atoms with Crippen LogP contribution in [0.15, 0.2) is 43.0 Å². The van der Waals surface area contributed by atoms with E-state index in [1.807, 2.05) is 24.3 Å². The Balaban J connectivity index is 0.00000200. The van der Waals surface area contributed by atoms with Crippen LogP contribution in [-0.2, 0) is 11.3 Å². The molecule has 1 aromatic carbocycles. The number of ketones is 1. The molecule has 3 nitrogen and oxygen atoms in total. The Bertz CT molecular complexity index is 447. The minimum absolute atomic E-state index is 0. The van der Waals surface area contributed by atoms with Crippen molar-refractivity contribution in [2.24, 2.45) is 5.92 Å². The van der Waals surface area contributed by atoms with Gasteiger partial charge in [0, 0.05) is 69.2 Å². The molecule has 1 N–H and O–H groups in total. The summed E-state index contributed by atoms with van der Waals surface area (Å²) in [6.07, 6.45) is 2.57. The number of hydrogen-bond acceptors (Lipinski definition) is 3. The molecule has 20 heavy (non-hydrogen) atoms. The van der Waals surface area contributed by atoms with E-state index in [1.54, 1.807) is 6.92 Å². The summed E-state index contributed by atoms with van der Waals surface area (Å²) in [5, 5.41) is 9.47. The molecule has 0 spiro atoms. The summed E-state index contributed by atoms with van der Waals surface area (Å²) in [7, 11) is 0. The third-order valence-electron chi connectivity index (χ3n) is 3.95. The summed E-state index contributed by atoms with van der Waals surface area (Å²) >= 11 is 0. The first-order valence-electron chi connectivity index (χ1n) is 6.71. The molecule has 0 bridgehead atoms. The fourth-order valence-corrected chi connectivity index (χ4v) is 2.96. The Kier molecular flexibility index (Phi) is 7.61. The van der Waals surface area contributed by atoms with Gasteiger partial charge >= 0.3 is 0 Å². The first kappa shape index (κ1) is 18.0. The van der Waals surface area contributed by atoms with Gasteiger partial charge in [0.25, 0.3) is 0 Å². The Morgan fingerprint density at radius 2 is 2.10 bits per heavy atom. The second-order valence-electron chi connectivity index (χ2n) is 5.19. The van der Waals surface area contributed by atoms with E-state index < -0.39 is 0 Å². The van der Waals surface area contributed by atoms with E-state index in [2.05, 4.69) is 23.6 Å². The van der Waals surface area contributed by atoms with Crippen LogP contribution in [0.3, 0.4) is 0 Å². The van der Waals surface area contributed by atoms with Gasteiger partial charge in [0.05, 0.1) is 6.04 Å². The predicted octanol–water partition coefficient (Wildman–Crippen LogP) is 2.01. The van der Waals surface area contributed by atoms with E-state index in [1.165, 1.54) is 5.56 Å². The van der Waals surface area contributed by atoms with Crippen LogP contribution in [0.1, 0.15) is 18.9 Å². The molecule has 1 aromatic rings. The maximum atomic E-state index is 11.8. The number of aliphatic hydroxyl groups excluding tert-OH is 1. The van der Waals surface area contributed by atoms with E-state index >= 15 is 0 Å². The summed E-state index contributed by atoms with van der Waals surface area (Å²) in [6, 6.07) is 10.1. The number of Topliss-reactive ketones (excluding diaryl/α,β-unsaturated/α-hetero) is 1. The average molecular weight is 486 g/mol. The fourth-order valence-electron chi connectivity index (χ4n) is 2.96. The van der Waals surface area contributed by atoms with Crippen LogP contribution >= 0.6 is 0 Å². The fraction of sp³-hybridized carbons (Fsp3) is 0.438. The van der Waals surface area contributed by atoms with Crippen molar-refractivity contribution in [1.82, 2.24) is 4.90 Å². The van der Waals surface area contributed by atoms with Crippen molar-refractivity contribution in [3.8, 4) is 0 Å². The number of benzene rings is 1. The van der Waals surface area contributed by atoms with Gasteiger partial charge in [0.2, 0.25) is 0 Å². The predicted molar refractivity (Wildman–Crippen MR) is 75.6 cm³/mol. The SMILES string of the molecule is C=CC1C(CO)CC(C(C)=O)N1Cc1ccccc1.[Ac]. The standard InChI is InChI=1S/C16H21NO2.Ac/c1-3-15-14(11-18)9-16(12(2)19)17(15)10-13-7-5-4-6-8-13;/h3-8,14-16,18H,1,9-11H2,2H3;. The van der Waals surface area contributed by atoms with E-state index in [0.29, 0.717) is 0 Å². The van der Waals surface area contributed by atoms with Crippen molar-refractivity contribution >= 4 is 5.78 Å². The van der Waals surface area contributed by atoms with Gasteiger partial charge in [0.1, 0.15) is 5.78 Å². The van der Waals surface area contributed by atoms with Gasteiger partial charge in [-0.15, -0.1) is 6.58 Å². The zero-order valence-corrected chi connectivity index (χ0v) is 16.7. The Hall–Kier alpha value is -0.00844. The second-order valence-corrected chi connectivity index (χ2v) is 5.19. The third-order valence-corrected chi connectivity index (χ3v) is 3.95. The molecule has 1 saturated heterocycles. The van der Waals surface area contributed by atoms with Crippen molar-refractivity contribution in [2.45, 2.75) is 32.0 Å². The second kappa shape index (κ2) is 8.44.